The minimum Gasteiger partial charge on any atom is -0.444 e. The van der Waals surface area contributed by atoms with E-state index in [1.54, 1.807) is 11.0 Å². The summed E-state index contributed by atoms with van der Waals surface area (Å²) in [7, 11) is 1.92. The Morgan fingerprint density at radius 1 is 1.09 bits per heavy atom. The summed E-state index contributed by atoms with van der Waals surface area (Å²) in [6.45, 7) is 13.5. The van der Waals surface area contributed by atoms with Crippen molar-refractivity contribution < 1.29 is 22.7 Å². The van der Waals surface area contributed by atoms with Crippen LogP contribution in [-0.4, -0.2) is 94.2 Å². The fourth-order valence-corrected chi connectivity index (χ4v) is 6.64. The van der Waals surface area contributed by atoms with Gasteiger partial charge in [-0.15, -0.1) is 0 Å². The van der Waals surface area contributed by atoms with E-state index in [0.29, 0.717) is 45.8 Å². The van der Waals surface area contributed by atoms with Gasteiger partial charge in [0.25, 0.3) is 0 Å². The van der Waals surface area contributed by atoms with Crippen molar-refractivity contribution >= 4 is 17.6 Å². The summed E-state index contributed by atoms with van der Waals surface area (Å²) in [5.41, 5.74) is 0.428. The van der Waals surface area contributed by atoms with Crippen molar-refractivity contribution in [2.24, 2.45) is 7.05 Å². The minimum atomic E-state index is -4.76. The molecular formula is C30H41F3N8O2. The molecule has 0 aromatic carbocycles. The number of nitriles is 1. The molecular weight excluding hydrogens is 561 g/mol. The molecule has 5 rings (SSSR count). The summed E-state index contributed by atoms with van der Waals surface area (Å²) in [5, 5.41) is 14.2. The third-order valence-corrected chi connectivity index (χ3v) is 8.92. The molecule has 3 saturated heterocycles. The number of nitrogens with zero attached hydrogens (tertiary/aromatic N) is 8. The molecule has 2 atom stereocenters. The first-order valence-corrected chi connectivity index (χ1v) is 14.9. The molecule has 3 aliphatic heterocycles. The van der Waals surface area contributed by atoms with Crippen LogP contribution in [0.4, 0.5) is 29.5 Å². The van der Waals surface area contributed by atoms with Crippen LogP contribution in [0.15, 0.2) is 12.3 Å². The Labute approximate surface area is 251 Å². The molecule has 0 radical (unpaired) electrons. The van der Waals surface area contributed by atoms with E-state index in [1.807, 2.05) is 68.4 Å². The second-order valence-corrected chi connectivity index (χ2v) is 12.9. The number of amides is 1. The third-order valence-electron chi connectivity index (χ3n) is 8.92. The molecule has 234 valence electrons. The molecule has 0 unspecified atom stereocenters. The molecule has 3 aliphatic rings. The highest BCUT2D eigenvalue weighted by Gasteiger charge is 2.45. The smallest absolute Gasteiger partial charge is 0.434 e. The van der Waals surface area contributed by atoms with Gasteiger partial charge in [0.1, 0.15) is 23.1 Å². The molecule has 1 amide bonds. The maximum absolute atomic E-state index is 14.2. The Morgan fingerprint density at radius 2 is 1.74 bits per heavy atom. The normalized spacial score (nSPS) is 22.4. The van der Waals surface area contributed by atoms with Crippen molar-refractivity contribution in [1.82, 2.24) is 24.6 Å². The van der Waals surface area contributed by atoms with Gasteiger partial charge in [-0.05, 0) is 53.0 Å². The lowest BCUT2D eigenvalue weighted by atomic mass is 9.91. The van der Waals surface area contributed by atoms with Crippen LogP contribution in [0.25, 0.3) is 0 Å². The summed E-state index contributed by atoms with van der Waals surface area (Å²) in [6, 6.07) is 3.46. The van der Waals surface area contributed by atoms with Gasteiger partial charge in [0.2, 0.25) is 0 Å². The van der Waals surface area contributed by atoms with Gasteiger partial charge >= 0.3 is 12.3 Å². The fourth-order valence-electron chi connectivity index (χ4n) is 6.64. The van der Waals surface area contributed by atoms with E-state index in [4.69, 9.17) is 4.74 Å². The second-order valence-electron chi connectivity index (χ2n) is 12.9. The van der Waals surface area contributed by atoms with Gasteiger partial charge in [-0.2, -0.15) is 23.5 Å². The molecule has 43 heavy (non-hydrogen) atoms. The fraction of sp³-hybridized carbons (Fsp3) is 0.667. The van der Waals surface area contributed by atoms with Gasteiger partial charge in [-0.25, -0.2) is 9.78 Å². The van der Waals surface area contributed by atoms with Crippen LogP contribution in [0, 0.1) is 18.3 Å². The average Bonchev–Trinajstić information content (AvgIpc) is 3.28. The Bertz CT molecular complexity index is 1360. The number of piperidine rings is 1. The van der Waals surface area contributed by atoms with Crippen LogP contribution < -0.4 is 9.80 Å². The Morgan fingerprint density at radius 3 is 2.26 bits per heavy atom. The summed E-state index contributed by atoms with van der Waals surface area (Å²) in [5.74, 6) is 0.527. The summed E-state index contributed by atoms with van der Waals surface area (Å²) >= 11 is 0. The van der Waals surface area contributed by atoms with Crippen LogP contribution in [0.3, 0.4) is 0 Å². The lowest BCUT2D eigenvalue weighted by molar-refractivity contribution is -0.141. The summed E-state index contributed by atoms with van der Waals surface area (Å²) < 4.78 is 50.1. The Balaban J connectivity index is 1.31. The highest BCUT2D eigenvalue weighted by molar-refractivity contribution is 5.69. The molecule has 13 heteroatoms. The van der Waals surface area contributed by atoms with Gasteiger partial charge in [0.05, 0.1) is 11.9 Å². The number of ether oxygens (including phenoxy) is 1. The lowest BCUT2D eigenvalue weighted by Crippen LogP contribution is -2.68. The number of pyridine rings is 1. The van der Waals surface area contributed by atoms with Crippen LogP contribution in [0.2, 0.25) is 0 Å². The standard InChI is InChI=1S/C30H41F3N8O2/c1-19-17-35-37(6)26(19)21-7-9-39(10-8-21)25-15-23(22(16-34)27(36-25)30(31,32)33)41-18-24(20(41)2)38-11-13-40(14-12-38)28(42)43-29(3,4)5/h15,17,20-21,24H,7-14,18H2,1-6H3/t20-,24-/m1/s1. The predicted molar refractivity (Wildman–Crippen MR) is 156 cm³/mol. The van der Waals surface area contributed by atoms with E-state index in [1.165, 1.54) is 0 Å². The minimum absolute atomic E-state index is 0.0937. The van der Waals surface area contributed by atoms with Crippen LogP contribution >= 0.6 is 0 Å². The van der Waals surface area contributed by atoms with E-state index < -0.39 is 23.0 Å². The number of aryl methyl sites for hydroxylation is 2. The number of carbonyl (C=O) groups is 1. The zero-order valence-corrected chi connectivity index (χ0v) is 25.8. The zero-order valence-electron chi connectivity index (χ0n) is 25.8. The molecule has 3 fully saturated rings. The van der Waals surface area contributed by atoms with Crippen LogP contribution in [0.5, 0.6) is 0 Å². The quantitative estimate of drug-likeness (QED) is 0.504. The molecule has 2 aromatic heterocycles. The average molecular weight is 603 g/mol. The first-order valence-electron chi connectivity index (χ1n) is 14.9. The maximum atomic E-state index is 14.2. The van der Waals surface area contributed by atoms with Crippen molar-refractivity contribution in [2.75, 3.05) is 55.6 Å². The van der Waals surface area contributed by atoms with Crippen molar-refractivity contribution in [1.29, 1.82) is 5.26 Å². The SMILES string of the molecule is Cc1cnn(C)c1C1CCN(c2cc(N3C[C@@H](N4CCN(C(=O)OC(C)(C)C)CC4)[C@H]3C)c(C#N)c(C(F)(F)F)n2)CC1. The molecule has 5 heterocycles. The van der Waals surface area contributed by atoms with E-state index in [2.05, 4.69) is 15.0 Å². The lowest BCUT2D eigenvalue weighted by Gasteiger charge is -2.54. The van der Waals surface area contributed by atoms with Crippen LogP contribution in [-0.2, 0) is 18.0 Å². The van der Waals surface area contributed by atoms with Gasteiger partial charge in [0.15, 0.2) is 5.69 Å². The number of anilines is 2. The van der Waals surface area contributed by atoms with E-state index in [0.717, 1.165) is 24.1 Å². The molecule has 0 aliphatic carbocycles. The van der Waals surface area contributed by atoms with E-state index in [9.17, 15) is 23.2 Å². The van der Waals surface area contributed by atoms with E-state index >= 15 is 0 Å². The molecule has 0 bridgehead atoms. The largest absolute Gasteiger partial charge is 0.444 e. The number of hydrogen-bond acceptors (Lipinski definition) is 8. The maximum Gasteiger partial charge on any atom is 0.434 e. The number of rotatable bonds is 4. The zero-order chi connectivity index (χ0) is 31.3. The third kappa shape index (κ3) is 6.25. The van der Waals surface area contributed by atoms with Gasteiger partial charge < -0.3 is 19.4 Å². The number of piperazine rings is 1. The second kappa shape index (κ2) is 11.5. The van der Waals surface area contributed by atoms with Crippen molar-refractivity contribution in [3.05, 3.63) is 34.8 Å². The molecule has 2 aromatic rings. The molecule has 0 N–H and O–H groups in total. The summed E-state index contributed by atoms with van der Waals surface area (Å²) in [4.78, 5) is 24.2. The van der Waals surface area contributed by atoms with Crippen molar-refractivity contribution in [3.8, 4) is 6.07 Å². The van der Waals surface area contributed by atoms with E-state index in [-0.39, 0.29) is 35.6 Å². The first-order chi connectivity index (χ1) is 20.2. The molecule has 0 spiro atoms. The summed E-state index contributed by atoms with van der Waals surface area (Å²) in [6.07, 6.45) is -1.70. The van der Waals surface area contributed by atoms with Crippen molar-refractivity contribution in [3.63, 3.8) is 0 Å². The number of alkyl halides is 3. The molecule has 0 saturated carbocycles. The van der Waals surface area contributed by atoms with Gasteiger partial charge in [-0.1, -0.05) is 0 Å². The monoisotopic (exact) mass is 602 g/mol. The highest BCUT2D eigenvalue weighted by Crippen LogP contribution is 2.41. The first kappa shape index (κ1) is 30.9. The predicted octanol–water partition coefficient (Wildman–Crippen LogP) is 4.53. The topological polar surface area (TPSA) is 93.8 Å². The Kier molecular flexibility index (Phi) is 8.28. The van der Waals surface area contributed by atoms with Crippen molar-refractivity contribution in [2.45, 2.75) is 77.2 Å². The number of aromatic nitrogens is 3. The Hall–Kier alpha value is -3.53. The highest BCUT2D eigenvalue weighted by atomic mass is 19.4. The van der Waals surface area contributed by atoms with Crippen LogP contribution in [0.1, 0.15) is 69.0 Å². The molecule has 10 nitrogen and oxygen atoms in total. The van der Waals surface area contributed by atoms with Gasteiger partial charge in [-0.3, -0.25) is 9.58 Å². The van der Waals surface area contributed by atoms with Gasteiger partial charge in [0, 0.05) is 82.6 Å². The number of halogens is 3. The number of carbonyl (C=O) groups excluding carboxylic acids is 1. The number of hydrogen-bond donors (Lipinski definition) is 0.